The highest BCUT2D eigenvalue weighted by atomic mass is 16.2. The third-order valence-electron chi connectivity index (χ3n) is 4.89. The Morgan fingerprint density at radius 1 is 1.53 bits per heavy atom. The molecule has 1 aliphatic carbocycles. The summed E-state index contributed by atoms with van der Waals surface area (Å²) in [6, 6.07) is 2.00. The Kier molecular flexibility index (Phi) is 3.67. The Morgan fingerprint density at radius 2 is 2.21 bits per heavy atom. The van der Waals surface area contributed by atoms with Crippen LogP contribution in [0.4, 0.5) is 5.82 Å². The van der Waals surface area contributed by atoms with Crippen molar-refractivity contribution in [1.82, 2.24) is 9.78 Å². The maximum atomic E-state index is 12.5. The van der Waals surface area contributed by atoms with Crippen molar-refractivity contribution < 1.29 is 4.79 Å². The highest BCUT2D eigenvalue weighted by molar-refractivity contribution is 5.92. The van der Waals surface area contributed by atoms with Gasteiger partial charge >= 0.3 is 0 Å². The first kappa shape index (κ1) is 14.1. The number of amides is 1. The summed E-state index contributed by atoms with van der Waals surface area (Å²) in [7, 11) is 1.82. The fourth-order valence-corrected chi connectivity index (χ4v) is 3.03. The molecule has 1 aromatic heterocycles. The molecule has 0 bridgehead atoms. The first-order valence-corrected chi connectivity index (χ1v) is 6.88. The van der Waals surface area contributed by atoms with E-state index in [0.29, 0.717) is 5.92 Å². The van der Waals surface area contributed by atoms with Crippen LogP contribution in [0, 0.1) is 17.3 Å². The lowest BCUT2D eigenvalue weighted by molar-refractivity contribution is -0.127. The molecule has 19 heavy (non-hydrogen) atoms. The SMILES string of the molecule is CC1C(N)CCC(C(=O)Nc2ccnn2C)C1(C)C. The number of carbonyl (C=O) groups is 1. The molecular weight excluding hydrogens is 240 g/mol. The monoisotopic (exact) mass is 264 g/mol. The molecule has 1 saturated carbocycles. The van der Waals surface area contributed by atoms with Crippen molar-refractivity contribution in [2.45, 2.75) is 39.7 Å². The lowest BCUT2D eigenvalue weighted by atomic mass is 9.61. The topological polar surface area (TPSA) is 72.9 Å². The summed E-state index contributed by atoms with van der Waals surface area (Å²) in [4.78, 5) is 12.5. The summed E-state index contributed by atoms with van der Waals surface area (Å²) in [5.74, 6) is 1.15. The van der Waals surface area contributed by atoms with Crippen molar-refractivity contribution in [2.24, 2.45) is 30.0 Å². The molecule has 1 aromatic rings. The van der Waals surface area contributed by atoms with Crippen molar-refractivity contribution in [1.29, 1.82) is 0 Å². The van der Waals surface area contributed by atoms with Gasteiger partial charge in [-0.1, -0.05) is 20.8 Å². The zero-order chi connectivity index (χ0) is 14.2. The number of hydrogen-bond donors (Lipinski definition) is 2. The van der Waals surface area contributed by atoms with E-state index in [0.717, 1.165) is 18.7 Å². The fraction of sp³-hybridized carbons (Fsp3) is 0.714. The molecule has 0 saturated heterocycles. The Balaban J connectivity index is 2.13. The van der Waals surface area contributed by atoms with Crippen molar-refractivity contribution in [3.05, 3.63) is 12.3 Å². The van der Waals surface area contributed by atoms with Crippen LogP contribution >= 0.6 is 0 Å². The minimum Gasteiger partial charge on any atom is -0.327 e. The normalized spacial score (nSPS) is 30.1. The molecule has 1 aliphatic rings. The lowest BCUT2D eigenvalue weighted by Gasteiger charge is -2.45. The van der Waals surface area contributed by atoms with E-state index < -0.39 is 0 Å². The molecule has 0 aromatic carbocycles. The van der Waals surface area contributed by atoms with Gasteiger partial charge in [0, 0.05) is 25.1 Å². The van der Waals surface area contributed by atoms with Gasteiger partial charge in [-0.15, -0.1) is 0 Å². The average molecular weight is 264 g/mol. The van der Waals surface area contributed by atoms with Crippen LogP contribution in [-0.2, 0) is 11.8 Å². The Bertz CT molecular complexity index is 466. The van der Waals surface area contributed by atoms with E-state index >= 15 is 0 Å². The number of carbonyl (C=O) groups excluding carboxylic acids is 1. The van der Waals surface area contributed by atoms with Gasteiger partial charge in [-0.05, 0) is 24.2 Å². The molecular formula is C14H24N4O. The number of nitrogens with zero attached hydrogens (tertiary/aromatic N) is 2. The van der Waals surface area contributed by atoms with Gasteiger partial charge in [0.2, 0.25) is 5.91 Å². The number of aryl methyl sites for hydroxylation is 1. The van der Waals surface area contributed by atoms with Crippen LogP contribution in [0.15, 0.2) is 12.3 Å². The van der Waals surface area contributed by atoms with Gasteiger partial charge in [-0.2, -0.15) is 5.10 Å². The zero-order valence-electron chi connectivity index (χ0n) is 12.2. The van der Waals surface area contributed by atoms with E-state index in [4.69, 9.17) is 5.73 Å². The second-order valence-electron chi connectivity index (χ2n) is 6.23. The number of anilines is 1. The molecule has 0 radical (unpaired) electrons. The third kappa shape index (κ3) is 2.52. The Labute approximate surface area is 114 Å². The van der Waals surface area contributed by atoms with Crippen LogP contribution in [0.5, 0.6) is 0 Å². The van der Waals surface area contributed by atoms with E-state index in [1.54, 1.807) is 10.9 Å². The molecule has 3 atom stereocenters. The molecule has 0 aliphatic heterocycles. The van der Waals surface area contributed by atoms with E-state index in [1.165, 1.54) is 0 Å². The molecule has 5 nitrogen and oxygen atoms in total. The maximum absolute atomic E-state index is 12.5. The standard InChI is InChI=1S/C14H24N4O/c1-9-11(15)6-5-10(14(9,2)3)13(19)17-12-7-8-16-18(12)4/h7-11H,5-6,15H2,1-4H3,(H,17,19). The van der Waals surface area contributed by atoms with E-state index in [-0.39, 0.29) is 23.3 Å². The van der Waals surface area contributed by atoms with Crippen LogP contribution < -0.4 is 11.1 Å². The second kappa shape index (κ2) is 4.96. The quantitative estimate of drug-likeness (QED) is 0.855. The van der Waals surface area contributed by atoms with Crippen LogP contribution in [0.25, 0.3) is 0 Å². The van der Waals surface area contributed by atoms with E-state index in [2.05, 4.69) is 31.2 Å². The van der Waals surface area contributed by atoms with Gasteiger partial charge in [0.25, 0.3) is 0 Å². The lowest BCUT2D eigenvalue weighted by Crippen LogP contribution is -2.50. The first-order chi connectivity index (χ1) is 8.84. The largest absolute Gasteiger partial charge is 0.327 e. The molecule has 1 amide bonds. The first-order valence-electron chi connectivity index (χ1n) is 6.88. The minimum atomic E-state index is -0.0830. The summed E-state index contributed by atoms with van der Waals surface area (Å²) in [6.45, 7) is 6.43. The van der Waals surface area contributed by atoms with Gasteiger partial charge in [0.15, 0.2) is 0 Å². The number of aromatic nitrogens is 2. The van der Waals surface area contributed by atoms with E-state index in [9.17, 15) is 4.79 Å². The summed E-state index contributed by atoms with van der Waals surface area (Å²) in [5, 5.41) is 7.03. The van der Waals surface area contributed by atoms with Crippen LogP contribution in [0.1, 0.15) is 33.6 Å². The maximum Gasteiger partial charge on any atom is 0.229 e. The van der Waals surface area contributed by atoms with Crippen molar-refractivity contribution in [3.63, 3.8) is 0 Å². The average Bonchev–Trinajstić information content (AvgIpc) is 2.72. The van der Waals surface area contributed by atoms with Gasteiger partial charge in [-0.25, -0.2) is 0 Å². The summed E-state index contributed by atoms with van der Waals surface area (Å²) < 4.78 is 1.67. The summed E-state index contributed by atoms with van der Waals surface area (Å²) in [5.41, 5.74) is 6.05. The number of rotatable bonds is 2. The van der Waals surface area contributed by atoms with Crippen LogP contribution in [0.2, 0.25) is 0 Å². The summed E-state index contributed by atoms with van der Waals surface area (Å²) >= 11 is 0. The van der Waals surface area contributed by atoms with Gasteiger partial charge in [-0.3, -0.25) is 9.48 Å². The van der Waals surface area contributed by atoms with Gasteiger partial charge in [0.1, 0.15) is 5.82 Å². The number of hydrogen-bond acceptors (Lipinski definition) is 3. The van der Waals surface area contributed by atoms with Crippen molar-refractivity contribution in [2.75, 3.05) is 5.32 Å². The van der Waals surface area contributed by atoms with Gasteiger partial charge in [0.05, 0.1) is 6.20 Å². The highest BCUT2D eigenvalue weighted by Crippen LogP contribution is 2.44. The number of nitrogens with two attached hydrogens (primary N) is 1. The van der Waals surface area contributed by atoms with Crippen LogP contribution in [-0.4, -0.2) is 21.7 Å². The predicted octanol–water partition coefficient (Wildman–Crippen LogP) is 1.76. The smallest absolute Gasteiger partial charge is 0.229 e. The number of nitrogens with one attached hydrogen (secondary N) is 1. The molecule has 1 fully saturated rings. The third-order valence-corrected chi connectivity index (χ3v) is 4.89. The predicted molar refractivity (Wildman–Crippen MR) is 75.5 cm³/mol. The fourth-order valence-electron chi connectivity index (χ4n) is 3.03. The summed E-state index contributed by atoms with van der Waals surface area (Å²) in [6.07, 6.45) is 3.44. The molecule has 3 N–H and O–H groups in total. The molecule has 0 spiro atoms. The second-order valence-corrected chi connectivity index (χ2v) is 6.23. The van der Waals surface area contributed by atoms with Crippen LogP contribution in [0.3, 0.4) is 0 Å². The molecule has 5 heteroatoms. The highest BCUT2D eigenvalue weighted by Gasteiger charge is 2.45. The molecule has 106 valence electrons. The zero-order valence-corrected chi connectivity index (χ0v) is 12.2. The minimum absolute atomic E-state index is 0.00259. The van der Waals surface area contributed by atoms with Crippen molar-refractivity contribution in [3.8, 4) is 0 Å². The van der Waals surface area contributed by atoms with Crippen molar-refractivity contribution >= 4 is 11.7 Å². The molecule has 1 heterocycles. The Hall–Kier alpha value is -1.36. The van der Waals surface area contributed by atoms with Gasteiger partial charge < -0.3 is 11.1 Å². The molecule has 2 rings (SSSR count). The molecule has 3 unspecified atom stereocenters. The van der Waals surface area contributed by atoms with E-state index in [1.807, 2.05) is 13.1 Å². The Morgan fingerprint density at radius 3 is 2.79 bits per heavy atom.